The zero-order valence-corrected chi connectivity index (χ0v) is 22.1. The third-order valence-electron chi connectivity index (χ3n) is 4.30. The number of unbranched alkanes of at least 4 members (excludes halogenated alkanes) is 3. The molecule has 190 valence electrons. The van der Waals surface area contributed by atoms with Crippen LogP contribution in [0.5, 0.6) is 0 Å². The first-order valence-electron chi connectivity index (χ1n) is 11.5. The van der Waals surface area contributed by atoms with Crippen molar-refractivity contribution >= 4 is 23.1 Å². The van der Waals surface area contributed by atoms with Crippen molar-refractivity contribution in [1.29, 1.82) is 0 Å². The molecule has 0 aliphatic rings. The van der Waals surface area contributed by atoms with Crippen LogP contribution in [0.1, 0.15) is 73.1 Å². The quantitative estimate of drug-likeness (QED) is 0.133. The molecule has 0 spiro atoms. The van der Waals surface area contributed by atoms with Crippen LogP contribution >= 0.6 is 0 Å². The van der Waals surface area contributed by atoms with Gasteiger partial charge in [0.2, 0.25) is 0 Å². The average molecular weight is 514 g/mol. The van der Waals surface area contributed by atoms with Crippen LogP contribution in [0.15, 0.2) is 60.7 Å². The van der Waals surface area contributed by atoms with Crippen LogP contribution in [0.4, 0.5) is 0 Å². The molecule has 0 radical (unpaired) electrons. The summed E-state index contributed by atoms with van der Waals surface area (Å²) in [7, 11) is 0. The Bertz CT molecular complexity index is 766. The Morgan fingerprint density at radius 1 is 0.600 bits per heavy atom. The van der Waals surface area contributed by atoms with Crippen molar-refractivity contribution < 1.29 is 51.1 Å². The number of rotatable bonds is 13. The second-order valence-corrected chi connectivity index (χ2v) is 7.17. The Morgan fingerprint density at radius 3 is 1.17 bits per heavy atom. The average Bonchev–Trinajstić information content (AvgIpc) is 2.83. The number of Topliss-reactive ketones (excluding diaryl/α,β-unsaturated/α-hetero) is 4. The predicted octanol–water partition coefficient (Wildman–Crippen LogP) is 3.37. The molecule has 0 aliphatic carbocycles. The maximum absolute atomic E-state index is 11.9. The van der Waals surface area contributed by atoms with E-state index in [0.29, 0.717) is 36.8 Å². The molecule has 6 nitrogen and oxygen atoms in total. The van der Waals surface area contributed by atoms with Crippen molar-refractivity contribution in [3.8, 4) is 0 Å². The molecular weight excluding hydrogens is 480 g/mol. The zero-order chi connectivity index (χ0) is 25.6. The van der Waals surface area contributed by atoms with Gasteiger partial charge < -0.3 is 29.4 Å². The molecule has 0 fully saturated rings. The minimum absolute atomic E-state index is 0. The Hall–Kier alpha value is -2.51. The van der Waals surface area contributed by atoms with Crippen LogP contribution in [0.2, 0.25) is 0 Å². The van der Waals surface area contributed by atoms with Crippen molar-refractivity contribution in [1.82, 2.24) is 0 Å². The molecule has 0 atom stereocenters. The number of benzene rings is 2. The molecule has 7 heteroatoms. The molecule has 0 aromatic heterocycles. The van der Waals surface area contributed by atoms with Gasteiger partial charge in [0, 0.05) is 33.3 Å². The number of hydrogen-bond donors (Lipinski definition) is 0. The van der Waals surface area contributed by atoms with Gasteiger partial charge in [0.1, 0.15) is 0 Å². The summed E-state index contributed by atoms with van der Waals surface area (Å²) < 4.78 is 0. The van der Waals surface area contributed by atoms with Gasteiger partial charge in [-0.15, -0.1) is 61.4 Å². The van der Waals surface area contributed by atoms with E-state index >= 15 is 0 Å². The second-order valence-electron chi connectivity index (χ2n) is 7.17. The van der Waals surface area contributed by atoms with E-state index < -0.39 is 0 Å². The Balaban J connectivity index is 0. The smallest absolute Gasteiger partial charge is 0.0798 e. The largest absolute Gasteiger partial charge is 0.855 e. The predicted molar refractivity (Wildman–Crippen MR) is 129 cm³/mol. The summed E-state index contributed by atoms with van der Waals surface area (Å²) in [5.41, 5.74) is 1.02. The van der Waals surface area contributed by atoms with E-state index in [1.165, 1.54) is 0 Å². The molecule has 0 heterocycles. The minimum atomic E-state index is -0.269. The molecule has 35 heavy (non-hydrogen) atoms. The van der Waals surface area contributed by atoms with E-state index in [2.05, 4.69) is 0 Å². The monoisotopic (exact) mass is 514 g/mol. The first-order chi connectivity index (χ1) is 16.4. The van der Waals surface area contributed by atoms with Gasteiger partial charge in [-0.3, -0.25) is 0 Å². The summed E-state index contributed by atoms with van der Waals surface area (Å²) in [5.74, 6) is -0.886. The topological polar surface area (TPSA) is 114 Å². The van der Waals surface area contributed by atoms with Gasteiger partial charge in [0.05, 0.1) is 11.6 Å². The van der Waals surface area contributed by atoms with Crippen molar-refractivity contribution in [3.63, 3.8) is 0 Å². The van der Waals surface area contributed by atoms with Crippen LogP contribution in [0.25, 0.3) is 0 Å². The fourth-order valence-electron chi connectivity index (χ4n) is 2.76. The summed E-state index contributed by atoms with van der Waals surface area (Å²) in [6.45, 7) is 3.14. The number of carbonyl (C=O) groups is 4. The van der Waals surface area contributed by atoms with E-state index in [0.717, 1.165) is 25.7 Å². The summed E-state index contributed by atoms with van der Waals surface area (Å²) in [6.07, 6.45) is 5.93. The maximum atomic E-state index is 11.9. The zero-order valence-electron chi connectivity index (χ0n) is 20.5. The van der Waals surface area contributed by atoms with Crippen LogP contribution < -0.4 is 10.2 Å². The molecule has 0 saturated carbocycles. The molecule has 2 aromatic carbocycles. The standard InChI is InChI=1S/C24H24O4.2C2H5O.Ti/c25-21(17-23(27)19-11-5-3-6-12-19)15-9-1-2-10-16-22(26)18-24(28)20-13-7-4-8-14-20;2*1-2-3;/h3-8,11-14,17-18H,1-2,9-10,15-16H2;2*2H2,1H3;/q-2;2*-1;. The van der Waals surface area contributed by atoms with Gasteiger partial charge in [0.25, 0.3) is 0 Å². The van der Waals surface area contributed by atoms with E-state index in [4.69, 9.17) is 10.2 Å². The molecule has 0 N–H and O–H groups in total. The Kier molecular flexibility index (Phi) is 23.0. The summed E-state index contributed by atoms with van der Waals surface area (Å²) in [6, 6.07) is 17.4. The Morgan fingerprint density at radius 2 is 0.886 bits per heavy atom. The fourth-order valence-corrected chi connectivity index (χ4v) is 2.76. The molecule has 2 aromatic rings. The van der Waals surface area contributed by atoms with Crippen molar-refractivity contribution in [2.75, 3.05) is 13.2 Å². The molecule has 0 amide bonds. The van der Waals surface area contributed by atoms with Crippen LogP contribution in [-0.2, 0) is 31.3 Å². The van der Waals surface area contributed by atoms with E-state index in [-0.39, 0.29) is 58.1 Å². The van der Waals surface area contributed by atoms with Crippen LogP contribution in [0.3, 0.4) is 0 Å². The summed E-state index contributed by atoms with van der Waals surface area (Å²) >= 11 is 0. The Labute approximate surface area is 224 Å². The molecule has 0 unspecified atom stereocenters. The van der Waals surface area contributed by atoms with Gasteiger partial charge in [0.15, 0.2) is 0 Å². The molecule has 0 saturated heterocycles. The van der Waals surface area contributed by atoms with E-state index in [1.54, 1.807) is 62.4 Å². The van der Waals surface area contributed by atoms with Crippen molar-refractivity contribution in [3.05, 3.63) is 84.6 Å². The van der Waals surface area contributed by atoms with Gasteiger partial charge in [-0.2, -0.15) is 0 Å². The first kappa shape index (κ1) is 34.7. The summed E-state index contributed by atoms with van der Waals surface area (Å²) in [4.78, 5) is 47.5. The van der Waals surface area contributed by atoms with Gasteiger partial charge >= 0.3 is 0 Å². The van der Waals surface area contributed by atoms with E-state index in [9.17, 15) is 19.2 Å². The molecule has 2 rings (SSSR count). The third kappa shape index (κ3) is 18.5. The number of carbonyl (C=O) groups excluding carboxylic acids is 4. The minimum Gasteiger partial charge on any atom is -0.855 e. The van der Waals surface area contributed by atoms with E-state index in [1.807, 2.05) is 12.1 Å². The third-order valence-corrected chi connectivity index (χ3v) is 4.30. The second kappa shape index (κ2) is 23.2. The van der Waals surface area contributed by atoms with Gasteiger partial charge in [-0.1, -0.05) is 63.1 Å². The van der Waals surface area contributed by atoms with Crippen LogP contribution in [-0.4, -0.2) is 36.3 Å². The SMILES string of the molecule is CC[O-].CC[O-].O=C([CH-]C(=O)c1ccccc1)CCCCCCC(=O)[CH-]C(=O)c1ccccc1.[Ti]. The maximum Gasteiger partial charge on any atom is 0.0798 e. The fraction of sp³-hybridized carbons (Fsp3) is 0.357. The number of hydrogen-bond acceptors (Lipinski definition) is 6. The van der Waals surface area contributed by atoms with Gasteiger partial charge in [-0.25, -0.2) is 0 Å². The normalized spacial score (nSPS) is 9.14. The molecular formula is C28H34O6Ti-4. The van der Waals surface area contributed by atoms with Crippen molar-refractivity contribution in [2.24, 2.45) is 0 Å². The van der Waals surface area contributed by atoms with Crippen molar-refractivity contribution in [2.45, 2.75) is 52.4 Å². The number of ketones is 4. The molecule has 0 aliphatic heterocycles. The first-order valence-corrected chi connectivity index (χ1v) is 11.5. The summed E-state index contributed by atoms with van der Waals surface area (Å²) in [5, 5.41) is 17.9. The van der Waals surface area contributed by atoms with Gasteiger partial charge in [-0.05, 0) is 25.7 Å². The van der Waals surface area contributed by atoms with Crippen LogP contribution in [0, 0.1) is 12.8 Å². The molecule has 0 bridgehead atoms.